The van der Waals surface area contributed by atoms with Crippen molar-refractivity contribution in [2.45, 2.75) is 45.8 Å². The molecule has 0 aromatic carbocycles. The first kappa shape index (κ1) is 24.2. The lowest BCUT2D eigenvalue weighted by Gasteiger charge is -2.35. The first-order valence-corrected chi connectivity index (χ1v) is 7.72. The second-order valence-electron chi connectivity index (χ2n) is 6.58. The molecule has 134 valence electrons. The largest absolute Gasteiger partial charge is 0.392 e. The Hall–Kier alpha value is -0.0700. The lowest BCUT2D eigenvalue weighted by Crippen LogP contribution is -2.47. The van der Waals surface area contributed by atoms with Gasteiger partial charge in [0.05, 0.1) is 12.1 Å². The molecule has 0 spiro atoms. The van der Waals surface area contributed by atoms with Crippen molar-refractivity contribution < 1.29 is 9.90 Å². The monoisotopic (exact) mass is 357 g/mol. The van der Waals surface area contributed by atoms with Gasteiger partial charge in [-0.2, -0.15) is 0 Å². The van der Waals surface area contributed by atoms with E-state index in [9.17, 15) is 9.90 Å². The maximum Gasteiger partial charge on any atom is 0.239 e. The van der Waals surface area contributed by atoms with Crippen molar-refractivity contribution in [2.75, 3.05) is 33.2 Å². The third-order valence-electron chi connectivity index (χ3n) is 4.14. The summed E-state index contributed by atoms with van der Waals surface area (Å²) < 4.78 is 0. The summed E-state index contributed by atoms with van der Waals surface area (Å²) >= 11 is 0. The van der Waals surface area contributed by atoms with Gasteiger partial charge in [0, 0.05) is 20.1 Å². The number of halogens is 2. The average molecular weight is 358 g/mol. The molecule has 0 bridgehead atoms. The molecular formula is C15H33Cl2N3O2. The highest BCUT2D eigenvalue weighted by Crippen LogP contribution is 2.18. The van der Waals surface area contributed by atoms with Crippen molar-refractivity contribution in [3.8, 4) is 0 Å². The Morgan fingerprint density at radius 2 is 1.77 bits per heavy atom. The Bertz CT molecular complexity index is 309. The van der Waals surface area contributed by atoms with E-state index in [2.05, 4.69) is 4.90 Å². The first-order chi connectivity index (χ1) is 9.31. The van der Waals surface area contributed by atoms with Gasteiger partial charge in [-0.3, -0.25) is 4.79 Å². The molecule has 1 heterocycles. The number of likely N-dealkylation sites (tertiary alicyclic amines) is 1. The normalized spacial score (nSPS) is 19.0. The predicted molar refractivity (Wildman–Crippen MR) is 95.8 cm³/mol. The highest BCUT2D eigenvalue weighted by molar-refractivity contribution is 5.85. The molecule has 3 N–H and O–H groups in total. The van der Waals surface area contributed by atoms with Crippen LogP contribution in [0.3, 0.4) is 0 Å². The molecule has 0 saturated carbocycles. The number of rotatable bonds is 6. The molecule has 0 aromatic rings. The molecule has 1 aliphatic rings. The van der Waals surface area contributed by atoms with E-state index in [0.29, 0.717) is 5.92 Å². The van der Waals surface area contributed by atoms with Crippen LogP contribution in [0.2, 0.25) is 0 Å². The summed E-state index contributed by atoms with van der Waals surface area (Å²) in [7, 11) is 1.85. The van der Waals surface area contributed by atoms with Crippen LogP contribution in [0.4, 0.5) is 0 Å². The van der Waals surface area contributed by atoms with E-state index < -0.39 is 6.04 Å². The Kier molecular flexibility index (Phi) is 12.6. The quantitative estimate of drug-likeness (QED) is 0.752. The number of hydrogen-bond acceptors (Lipinski definition) is 4. The first-order valence-electron chi connectivity index (χ1n) is 7.72. The van der Waals surface area contributed by atoms with E-state index >= 15 is 0 Å². The van der Waals surface area contributed by atoms with Gasteiger partial charge >= 0.3 is 0 Å². The maximum atomic E-state index is 12.1. The lowest BCUT2D eigenvalue weighted by atomic mass is 9.95. The van der Waals surface area contributed by atoms with Gasteiger partial charge in [-0.05, 0) is 44.7 Å². The SMILES string of the molecule is CC(O)CN1CCC(CN(C)C(=O)[C@@H](N)C(C)C)CC1.Cl.Cl. The summed E-state index contributed by atoms with van der Waals surface area (Å²) in [6.07, 6.45) is 1.91. The zero-order valence-corrected chi connectivity index (χ0v) is 15.8. The highest BCUT2D eigenvalue weighted by atomic mass is 35.5. The Labute approximate surface area is 147 Å². The predicted octanol–water partition coefficient (Wildman–Crippen LogP) is 1.36. The third kappa shape index (κ3) is 7.97. The highest BCUT2D eigenvalue weighted by Gasteiger charge is 2.25. The number of nitrogens with zero attached hydrogens (tertiary/aromatic N) is 2. The van der Waals surface area contributed by atoms with Gasteiger partial charge in [-0.25, -0.2) is 0 Å². The summed E-state index contributed by atoms with van der Waals surface area (Å²) in [6.45, 7) is 9.34. The minimum atomic E-state index is -0.393. The van der Waals surface area contributed by atoms with Crippen molar-refractivity contribution in [1.29, 1.82) is 0 Å². The fourth-order valence-corrected chi connectivity index (χ4v) is 2.74. The van der Waals surface area contributed by atoms with Gasteiger partial charge in [-0.1, -0.05) is 13.8 Å². The molecule has 2 atom stereocenters. The number of piperidine rings is 1. The number of carbonyl (C=O) groups excluding carboxylic acids is 1. The van der Waals surface area contributed by atoms with Gasteiger partial charge in [0.1, 0.15) is 0 Å². The van der Waals surface area contributed by atoms with Crippen LogP contribution in [-0.2, 0) is 4.79 Å². The molecule has 1 aliphatic heterocycles. The van der Waals surface area contributed by atoms with E-state index in [4.69, 9.17) is 5.73 Å². The van der Waals surface area contributed by atoms with Crippen LogP contribution in [0.5, 0.6) is 0 Å². The summed E-state index contributed by atoms with van der Waals surface area (Å²) in [5.74, 6) is 0.776. The second kappa shape index (κ2) is 11.5. The summed E-state index contributed by atoms with van der Waals surface area (Å²) in [5.41, 5.74) is 5.92. The van der Waals surface area contributed by atoms with Crippen LogP contribution in [0.1, 0.15) is 33.6 Å². The average Bonchev–Trinajstić information content (AvgIpc) is 2.38. The van der Waals surface area contributed by atoms with Gasteiger partial charge < -0.3 is 20.6 Å². The minimum Gasteiger partial charge on any atom is -0.392 e. The van der Waals surface area contributed by atoms with Gasteiger partial charge in [0.2, 0.25) is 5.91 Å². The van der Waals surface area contributed by atoms with Crippen molar-refractivity contribution in [3.63, 3.8) is 0 Å². The Balaban J connectivity index is 0. The molecular weight excluding hydrogens is 325 g/mol. The topological polar surface area (TPSA) is 69.8 Å². The molecule has 1 rings (SSSR count). The van der Waals surface area contributed by atoms with E-state index in [0.717, 1.165) is 39.0 Å². The fraction of sp³-hybridized carbons (Fsp3) is 0.933. The van der Waals surface area contributed by atoms with Crippen molar-refractivity contribution in [3.05, 3.63) is 0 Å². The molecule has 0 radical (unpaired) electrons. The van der Waals surface area contributed by atoms with Gasteiger partial charge in [0.25, 0.3) is 0 Å². The lowest BCUT2D eigenvalue weighted by molar-refractivity contribution is -0.133. The van der Waals surface area contributed by atoms with Crippen LogP contribution in [0, 0.1) is 11.8 Å². The van der Waals surface area contributed by atoms with Crippen LogP contribution in [0.25, 0.3) is 0 Å². The van der Waals surface area contributed by atoms with Crippen LogP contribution >= 0.6 is 24.8 Å². The molecule has 0 aromatic heterocycles. The molecule has 7 heteroatoms. The minimum absolute atomic E-state index is 0. The molecule has 5 nitrogen and oxygen atoms in total. The molecule has 1 saturated heterocycles. The molecule has 1 fully saturated rings. The number of carbonyl (C=O) groups is 1. The summed E-state index contributed by atoms with van der Waals surface area (Å²) in [4.78, 5) is 16.2. The third-order valence-corrected chi connectivity index (χ3v) is 4.14. The summed E-state index contributed by atoms with van der Waals surface area (Å²) in [5, 5.41) is 9.39. The molecule has 1 amide bonds. The fourth-order valence-electron chi connectivity index (χ4n) is 2.74. The number of likely N-dealkylation sites (N-methyl/N-ethyl adjacent to an activating group) is 1. The van der Waals surface area contributed by atoms with E-state index in [1.807, 2.05) is 27.8 Å². The number of aliphatic hydroxyl groups excluding tert-OH is 1. The smallest absolute Gasteiger partial charge is 0.239 e. The number of β-amino-alcohol motifs (C(OH)–C–C–N with tert-alkyl or cyclic N) is 1. The summed E-state index contributed by atoms with van der Waals surface area (Å²) in [6, 6.07) is -0.393. The van der Waals surface area contributed by atoms with Crippen LogP contribution < -0.4 is 5.73 Å². The van der Waals surface area contributed by atoms with Crippen molar-refractivity contribution >= 4 is 30.7 Å². The van der Waals surface area contributed by atoms with E-state index in [-0.39, 0.29) is 42.7 Å². The molecule has 0 aliphatic carbocycles. The van der Waals surface area contributed by atoms with E-state index in [1.54, 1.807) is 4.90 Å². The standard InChI is InChI=1S/C15H31N3O2.2ClH/c1-11(2)14(16)15(20)17(4)10-13-5-7-18(8-6-13)9-12(3)19;;/h11-14,19H,5-10,16H2,1-4H3;2*1H/t12?,14-;;/m0../s1. The number of nitrogens with two attached hydrogens (primary N) is 1. The second-order valence-corrected chi connectivity index (χ2v) is 6.58. The molecule has 22 heavy (non-hydrogen) atoms. The molecule has 1 unspecified atom stereocenters. The zero-order valence-electron chi connectivity index (χ0n) is 14.2. The van der Waals surface area contributed by atoms with Gasteiger partial charge in [-0.15, -0.1) is 24.8 Å². The zero-order chi connectivity index (χ0) is 15.3. The number of hydrogen-bond donors (Lipinski definition) is 2. The number of aliphatic hydroxyl groups is 1. The van der Waals surface area contributed by atoms with Gasteiger partial charge in [0.15, 0.2) is 0 Å². The Morgan fingerprint density at radius 3 is 2.18 bits per heavy atom. The van der Waals surface area contributed by atoms with Crippen LogP contribution in [-0.4, -0.2) is 66.2 Å². The number of amides is 1. The maximum absolute atomic E-state index is 12.1. The Morgan fingerprint density at radius 1 is 1.27 bits per heavy atom. The van der Waals surface area contributed by atoms with E-state index in [1.165, 1.54) is 0 Å². The van der Waals surface area contributed by atoms with Crippen molar-refractivity contribution in [1.82, 2.24) is 9.80 Å². The van der Waals surface area contributed by atoms with Crippen molar-refractivity contribution in [2.24, 2.45) is 17.6 Å². The van der Waals surface area contributed by atoms with Crippen LogP contribution in [0.15, 0.2) is 0 Å².